The van der Waals surface area contributed by atoms with Crippen molar-refractivity contribution in [3.05, 3.63) is 29.8 Å². The highest BCUT2D eigenvalue weighted by Gasteiger charge is 2.40. The Balaban J connectivity index is 1.89. The number of aryl methyl sites for hydroxylation is 1. The Kier molecular flexibility index (Phi) is 2.13. The highest BCUT2D eigenvalue weighted by atomic mass is 16.5. The van der Waals surface area contributed by atoms with E-state index in [9.17, 15) is 4.79 Å². The summed E-state index contributed by atoms with van der Waals surface area (Å²) in [6, 6.07) is 8.13. The summed E-state index contributed by atoms with van der Waals surface area (Å²) in [5.41, 5.74) is 1.02. The smallest absolute Gasteiger partial charge is 0.224 e. The van der Waals surface area contributed by atoms with Gasteiger partial charge in [-0.1, -0.05) is 18.2 Å². The summed E-state index contributed by atoms with van der Waals surface area (Å²) in [5, 5.41) is 2.86. The lowest BCUT2D eigenvalue weighted by molar-refractivity contribution is -0.129. The Hall–Kier alpha value is -1.51. The van der Waals surface area contributed by atoms with Gasteiger partial charge in [-0.05, 0) is 24.5 Å². The molecule has 1 atom stereocenters. The standard InChI is InChI=1S/C13H15NO2/c15-12-9-13(7-8-14-12)6-5-10-3-1-2-4-11(10)16-13/h1-4H,5-9H2,(H,14,15). The third kappa shape index (κ3) is 1.56. The fourth-order valence-corrected chi connectivity index (χ4v) is 2.63. The van der Waals surface area contributed by atoms with E-state index in [1.807, 2.05) is 18.2 Å². The number of rotatable bonds is 0. The van der Waals surface area contributed by atoms with Gasteiger partial charge >= 0.3 is 0 Å². The molecule has 0 radical (unpaired) electrons. The van der Waals surface area contributed by atoms with E-state index in [1.54, 1.807) is 0 Å². The van der Waals surface area contributed by atoms with E-state index in [2.05, 4.69) is 11.4 Å². The summed E-state index contributed by atoms with van der Waals surface area (Å²) >= 11 is 0. The summed E-state index contributed by atoms with van der Waals surface area (Å²) in [6.45, 7) is 0.737. The number of carbonyl (C=O) groups is 1. The van der Waals surface area contributed by atoms with Gasteiger partial charge in [-0.15, -0.1) is 0 Å². The second kappa shape index (κ2) is 3.51. The van der Waals surface area contributed by atoms with Crippen molar-refractivity contribution in [3.63, 3.8) is 0 Å². The van der Waals surface area contributed by atoms with Crippen molar-refractivity contribution < 1.29 is 9.53 Å². The highest BCUT2D eigenvalue weighted by Crippen LogP contribution is 2.37. The molecule has 2 heterocycles. The number of para-hydroxylation sites is 1. The van der Waals surface area contributed by atoms with Crippen LogP contribution in [0.25, 0.3) is 0 Å². The lowest BCUT2D eigenvalue weighted by Gasteiger charge is -2.40. The molecule has 1 unspecified atom stereocenters. The van der Waals surface area contributed by atoms with Gasteiger partial charge in [-0.3, -0.25) is 4.79 Å². The molecule has 1 fully saturated rings. The normalized spacial score (nSPS) is 28.1. The fourth-order valence-electron chi connectivity index (χ4n) is 2.63. The van der Waals surface area contributed by atoms with Gasteiger partial charge in [0.2, 0.25) is 5.91 Å². The molecule has 3 rings (SSSR count). The number of hydrogen-bond donors (Lipinski definition) is 1. The first-order valence-electron chi connectivity index (χ1n) is 5.81. The van der Waals surface area contributed by atoms with Crippen LogP contribution in [-0.2, 0) is 11.2 Å². The van der Waals surface area contributed by atoms with E-state index in [1.165, 1.54) is 5.56 Å². The molecule has 1 aromatic rings. The van der Waals surface area contributed by atoms with Crippen LogP contribution in [0.3, 0.4) is 0 Å². The Bertz CT molecular complexity index is 430. The summed E-state index contributed by atoms with van der Waals surface area (Å²) in [5.74, 6) is 1.08. The summed E-state index contributed by atoms with van der Waals surface area (Å²) in [6.07, 6.45) is 3.40. The van der Waals surface area contributed by atoms with Crippen molar-refractivity contribution in [1.29, 1.82) is 0 Å². The SMILES string of the molecule is O=C1CC2(CCN1)CCc1ccccc1O2. The quantitative estimate of drug-likeness (QED) is 0.717. The second-order valence-corrected chi connectivity index (χ2v) is 4.67. The number of nitrogens with one attached hydrogen (secondary N) is 1. The van der Waals surface area contributed by atoms with Crippen molar-refractivity contribution >= 4 is 5.91 Å². The molecule has 1 amide bonds. The van der Waals surface area contributed by atoms with E-state index in [-0.39, 0.29) is 11.5 Å². The monoisotopic (exact) mass is 217 g/mol. The zero-order chi connectivity index (χ0) is 11.0. The largest absolute Gasteiger partial charge is 0.486 e. The van der Waals surface area contributed by atoms with E-state index in [0.29, 0.717) is 6.42 Å². The molecule has 16 heavy (non-hydrogen) atoms. The molecule has 3 nitrogen and oxygen atoms in total. The average Bonchev–Trinajstić information content (AvgIpc) is 2.28. The molecule has 1 N–H and O–H groups in total. The van der Waals surface area contributed by atoms with Crippen LogP contribution in [-0.4, -0.2) is 18.1 Å². The third-order valence-electron chi connectivity index (χ3n) is 3.53. The molecule has 1 saturated heterocycles. The molecule has 2 aliphatic rings. The van der Waals surface area contributed by atoms with Gasteiger partial charge in [0.05, 0.1) is 6.42 Å². The summed E-state index contributed by atoms with van der Waals surface area (Å²) in [4.78, 5) is 11.5. The minimum absolute atomic E-state index is 0.116. The number of piperidine rings is 1. The zero-order valence-electron chi connectivity index (χ0n) is 9.16. The minimum Gasteiger partial charge on any atom is -0.486 e. The number of ether oxygens (including phenoxy) is 1. The van der Waals surface area contributed by atoms with Crippen LogP contribution < -0.4 is 10.1 Å². The average molecular weight is 217 g/mol. The predicted octanol–water partition coefficient (Wildman–Crippen LogP) is 1.66. The zero-order valence-corrected chi connectivity index (χ0v) is 9.16. The molecule has 2 aliphatic heterocycles. The number of carbonyl (C=O) groups excluding carboxylic acids is 1. The van der Waals surface area contributed by atoms with Gasteiger partial charge in [-0.25, -0.2) is 0 Å². The molecule has 0 bridgehead atoms. The molecule has 0 aromatic heterocycles. The maximum atomic E-state index is 11.5. The molecular weight excluding hydrogens is 202 g/mol. The van der Waals surface area contributed by atoms with E-state index < -0.39 is 0 Å². The fraction of sp³-hybridized carbons (Fsp3) is 0.462. The lowest BCUT2D eigenvalue weighted by atomic mass is 9.83. The van der Waals surface area contributed by atoms with E-state index >= 15 is 0 Å². The van der Waals surface area contributed by atoms with Gasteiger partial charge in [0.15, 0.2) is 0 Å². The van der Waals surface area contributed by atoms with Gasteiger partial charge in [0, 0.05) is 13.0 Å². The van der Waals surface area contributed by atoms with Crippen LogP contribution in [0.1, 0.15) is 24.8 Å². The molecule has 0 aliphatic carbocycles. The Morgan fingerprint density at radius 2 is 2.12 bits per heavy atom. The van der Waals surface area contributed by atoms with Crippen molar-refractivity contribution in [2.75, 3.05) is 6.54 Å². The van der Waals surface area contributed by atoms with Gasteiger partial charge in [0.25, 0.3) is 0 Å². The van der Waals surface area contributed by atoms with Crippen molar-refractivity contribution in [3.8, 4) is 5.75 Å². The molecule has 0 saturated carbocycles. The first-order valence-corrected chi connectivity index (χ1v) is 5.81. The maximum absolute atomic E-state index is 11.5. The van der Waals surface area contributed by atoms with Crippen LogP contribution >= 0.6 is 0 Å². The molecule has 84 valence electrons. The Labute approximate surface area is 94.8 Å². The van der Waals surface area contributed by atoms with Crippen LogP contribution in [0, 0.1) is 0 Å². The summed E-state index contributed by atoms with van der Waals surface area (Å²) in [7, 11) is 0. The number of benzene rings is 1. The molecule has 3 heteroatoms. The number of fused-ring (bicyclic) bond motifs is 1. The first-order chi connectivity index (χ1) is 7.77. The molecule has 1 aromatic carbocycles. The van der Waals surface area contributed by atoms with E-state index in [0.717, 1.165) is 31.6 Å². The van der Waals surface area contributed by atoms with Gasteiger partial charge in [0.1, 0.15) is 11.4 Å². The Morgan fingerprint density at radius 3 is 3.00 bits per heavy atom. The van der Waals surface area contributed by atoms with Gasteiger partial charge in [-0.2, -0.15) is 0 Å². The molecule has 1 spiro atoms. The van der Waals surface area contributed by atoms with Crippen molar-refractivity contribution in [2.45, 2.75) is 31.3 Å². The highest BCUT2D eigenvalue weighted by molar-refractivity contribution is 5.78. The maximum Gasteiger partial charge on any atom is 0.224 e. The topological polar surface area (TPSA) is 38.3 Å². The van der Waals surface area contributed by atoms with Crippen LogP contribution in [0.2, 0.25) is 0 Å². The summed E-state index contributed by atoms with van der Waals surface area (Å²) < 4.78 is 6.07. The lowest BCUT2D eigenvalue weighted by Crippen LogP contribution is -2.50. The second-order valence-electron chi connectivity index (χ2n) is 4.67. The number of amides is 1. The minimum atomic E-state index is -0.239. The first kappa shape index (κ1) is 9.70. The van der Waals surface area contributed by atoms with Crippen LogP contribution in [0.15, 0.2) is 24.3 Å². The van der Waals surface area contributed by atoms with Crippen LogP contribution in [0.5, 0.6) is 5.75 Å². The van der Waals surface area contributed by atoms with Crippen molar-refractivity contribution in [2.24, 2.45) is 0 Å². The Morgan fingerprint density at radius 1 is 1.25 bits per heavy atom. The third-order valence-corrected chi connectivity index (χ3v) is 3.53. The number of hydrogen-bond acceptors (Lipinski definition) is 2. The van der Waals surface area contributed by atoms with Crippen molar-refractivity contribution in [1.82, 2.24) is 5.32 Å². The molecular formula is C13H15NO2. The van der Waals surface area contributed by atoms with Gasteiger partial charge < -0.3 is 10.1 Å². The predicted molar refractivity (Wildman–Crippen MR) is 60.4 cm³/mol. The van der Waals surface area contributed by atoms with Crippen LogP contribution in [0.4, 0.5) is 0 Å². The van der Waals surface area contributed by atoms with E-state index in [4.69, 9.17) is 4.74 Å².